The van der Waals surface area contributed by atoms with Crippen molar-refractivity contribution in [2.45, 2.75) is 19.5 Å². The van der Waals surface area contributed by atoms with Crippen molar-refractivity contribution in [1.29, 1.82) is 0 Å². The molecule has 0 fully saturated rings. The Labute approximate surface area is 82.9 Å². The highest BCUT2D eigenvalue weighted by Gasteiger charge is 2.06. The van der Waals surface area contributed by atoms with Crippen LogP contribution in [0.3, 0.4) is 0 Å². The van der Waals surface area contributed by atoms with E-state index in [0.717, 1.165) is 5.76 Å². The Bertz CT molecular complexity index is 247. The average Bonchev–Trinajstić information content (AvgIpc) is 2.51. The van der Waals surface area contributed by atoms with Gasteiger partial charge in [-0.2, -0.15) is 0 Å². The third-order valence-corrected chi connectivity index (χ3v) is 1.43. The van der Waals surface area contributed by atoms with Crippen molar-refractivity contribution in [3.8, 4) is 0 Å². The smallest absolute Gasteiger partial charge is 0.237 e. The number of rotatable bonds is 3. The highest BCUT2D eigenvalue weighted by molar-refractivity contribution is 5.85. The molecule has 1 atom stereocenters. The number of halogens is 1. The van der Waals surface area contributed by atoms with Crippen LogP contribution >= 0.6 is 12.4 Å². The van der Waals surface area contributed by atoms with Crippen LogP contribution < -0.4 is 11.1 Å². The molecule has 1 rings (SSSR count). The number of amides is 1. The first-order valence-electron chi connectivity index (χ1n) is 3.76. The summed E-state index contributed by atoms with van der Waals surface area (Å²) < 4.78 is 5.01. The van der Waals surface area contributed by atoms with Crippen LogP contribution in [0, 0.1) is 0 Å². The minimum absolute atomic E-state index is 0. The molecule has 1 amide bonds. The molecule has 0 bridgehead atoms. The number of hydrogen-bond donors (Lipinski definition) is 2. The van der Waals surface area contributed by atoms with Gasteiger partial charge < -0.3 is 15.5 Å². The molecule has 13 heavy (non-hydrogen) atoms. The second-order valence-corrected chi connectivity index (χ2v) is 2.59. The summed E-state index contributed by atoms with van der Waals surface area (Å²) in [6.45, 7) is 2.03. The van der Waals surface area contributed by atoms with Crippen LogP contribution in [0.25, 0.3) is 0 Å². The third-order valence-electron chi connectivity index (χ3n) is 1.43. The Morgan fingerprint density at radius 3 is 2.92 bits per heavy atom. The molecule has 1 heterocycles. The lowest BCUT2D eigenvalue weighted by Crippen LogP contribution is -2.37. The van der Waals surface area contributed by atoms with E-state index in [-0.39, 0.29) is 18.3 Å². The third kappa shape index (κ3) is 3.96. The number of nitrogens with one attached hydrogen (secondary N) is 1. The van der Waals surface area contributed by atoms with Gasteiger partial charge in [-0.1, -0.05) is 0 Å². The van der Waals surface area contributed by atoms with Crippen molar-refractivity contribution in [2.75, 3.05) is 0 Å². The van der Waals surface area contributed by atoms with Gasteiger partial charge in [0.2, 0.25) is 5.91 Å². The number of carbonyl (C=O) groups is 1. The Hall–Kier alpha value is -1.00. The zero-order chi connectivity index (χ0) is 8.97. The summed E-state index contributed by atoms with van der Waals surface area (Å²) in [4.78, 5) is 11.0. The SMILES string of the molecule is CC(N)C(=O)NCc1ccco1.Cl. The van der Waals surface area contributed by atoms with Crippen LogP contribution in [0.15, 0.2) is 22.8 Å². The Balaban J connectivity index is 0.00000144. The monoisotopic (exact) mass is 204 g/mol. The van der Waals surface area contributed by atoms with Crippen LogP contribution in [0.2, 0.25) is 0 Å². The molecule has 0 aliphatic heterocycles. The van der Waals surface area contributed by atoms with Crippen molar-refractivity contribution in [2.24, 2.45) is 5.73 Å². The van der Waals surface area contributed by atoms with E-state index < -0.39 is 6.04 Å². The van der Waals surface area contributed by atoms with E-state index in [4.69, 9.17) is 10.2 Å². The Morgan fingerprint density at radius 2 is 2.46 bits per heavy atom. The summed E-state index contributed by atoms with van der Waals surface area (Å²) in [6.07, 6.45) is 1.56. The van der Waals surface area contributed by atoms with Crippen molar-refractivity contribution in [3.05, 3.63) is 24.2 Å². The molecule has 1 aromatic rings. The van der Waals surface area contributed by atoms with Gasteiger partial charge in [-0.25, -0.2) is 0 Å². The predicted molar refractivity (Wildman–Crippen MR) is 51.5 cm³/mol. The molecule has 74 valence electrons. The van der Waals surface area contributed by atoms with E-state index in [2.05, 4.69) is 5.32 Å². The normalized spacial score (nSPS) is 11.5. The fourth-order valence-electron chi connectivity index (χ4n) is 0.748. The van der Waals surface area contributed by atoms with E-state index in [0.29, 0.717) is 6.54 Å². The Kier molecular flexibility index (Phi) is 5.18. The average molecular weight is 205 g/mol. The van der Waals surface area contributed by atoms with Crippen LogP contribution in [0.1, 0.15) is 12.7 Å². The van der Waals surface area contributed by atoms with Crippen LogP contribution in [0.4, 0.5) is 0 Å². The second-order valence-electron chi connectivity index (χ2n) is 2.59. The highest BCUT2D eigenvalue weighted by atomic mass is 35.5. The number of hydrogen-bond acceptors (Lipinski definition) is 3. The maximum atomic E-state index is 11.0. The molecular formula is C8H13ClN2O2. The van der Waals surface area contributed by atoms with E-state index >= 15 is 0 Å². The lowest BCUT2D eigenvalue weighted by molar-refractivity contribution is -0.122. The fraction of sp³-hybridized carbons (Fsp3) is 0.375. The summed E-state index contributed by atoms with van der Waals surface area (Å²) in [5.74, 6) is 0.551. The molecule has 0 radical (unpaired) electrons. The van der Waals surface area contributed by atoms with E-state index in [1.807, 2.05) is 0 Å². The minimum Gasteiger partial charge on any atom is -0.467 e. The predicted octanol–water partition coefficient (Wildman–Crippen LogP) is 0.665. The molecule has 0 spiro atoms. The largest absolute Gasteiger partial charge is 0.467 e. The van der Waals surface area contributed by atoms with Crippen molar-refractivity contribution >= 4 is 18.3 Å². The van der Waals surface area contributed by atoms with Crippen molar-refractivity contribution in [1.82, 2.24) is 5.32 Å². The quantitative estimate of drug-likeness (QED) is 0.760. The number of carbonyl (C=O) groups excluding carboxylic acids is 1. The summed E-state index contributed by atoms with van der Waals surface area (Å²) in [5, 5.41) is 2.63. The first-order valence-corrected chi connectivity index (χ1v) is 3.76. The maximum absolute atomic E-state index is 11.0. The molecule has 0 aliphatic rings. The molecule has 0 aromatic carbocycles. The zero-order valence-electron chi connectivity index (χ0n) is 7.32. The lowest BCUT2D eigenvalue weighted by Gasteiger charge is -2.04. The first-order chi connectivity index (χ1) is 5.70. The topological polar surface area (TPSA) is 68.3 Å². The van der Waals surface area contributed by atoms with Gasteiger partial charge in [0.25, 0.3) is 0 Å². The summed E-state index contributed by atoms with van der Waals surface area (Å²) in [7, 11) is 0. The molecule has 0 aliphatic carbocycles. The van der Waals surface area contributed by atoms with Gasteiger partial charge >= 0.3 is 0 Å². The van der Waals surface area contributed by atoms with Gasteiger partial charge in [0.15, 0.2) is 0 Å². The first kappa shape index (κ1) is 12.0. The molecule has 0 saturated heterocycles. The van der Waals surface area contributed by atoms with Gasteiger partial charge in [0.1, 0.15) is 5.76 Å². The molecule has 3 N–H and O–H groups in total. The number of nitrogens with two attached hydrogens (primary N) is 1. The molecule has 4 nitrogen and oxygen atoms in total. The van der Waals surface area contributed by atoms with Crippen LogP contribution in [0.5, 0.6) is 0 Å². The molecule has 1 aromatic heterocycles. The highest BCUT2D eigenvalue weighted by Crippen LogP contribution is 1.98. The molecular weight excluding hydrogens is 192 g/mol. The molecule has 1 unspecified atom stereocenters. The van der Waals surface area contributed by atoms with E-state index in [9.17, 15) is 4.79 Å². The van der Waals surface area contributed by atoms with Gasteiger partial charge in [-0.15, -0.1) is 12.4 Å². The number of furan rings is 1. The molecule has 0 saturated carbocycles. The van der Waals surface area contributed by atoms with E-state index in [1.165, 1.54) is 0 Å². The Morgan fingerprint density at radius 1 is 1.77 bits per heavy atom. The standard InChI is InChI=1S/C8H12N2O2.ClH/c1-6(9)8(11)10-5-7-3-2-4-12-7;/h2-4,6H,5,9H2,1H3,(H,10,11);1H. The van der Waals surface area contributed by atoms with E-state index in [1.54, 1.807) is 25.3 Å². The summed E-state index contributed by atoms with van der Waals surface area (Å²) in [6, 6.07) is 3.09. The second kappa shape index (κ2) is 5.61. The van der Waals surface area contributed by atoms with Gasteiger partial charge in [0.05, 0.1) is 18.8 Å². The fourth-order valence-corrected chi connectivity index (χ4v) is 0.748. The lowest BCUT2D eigenvalue weighted by atomic mass is 10.3. The van der Waals surface area contributed by atoms with Crippen LogP contribution in [-0.4, -0.2) is 11.9 Å². The summed E-state index contributed by atoms with van der Waals surface area (Å²) in [5.41, 5.74) is 5.33. The van der Waals surface area contributed by atoms with Crippen molar-refractivity contribution < 1.29 is 9.21 Å². The van der Waals surface area contributed by atoms with Gasteiger partial charge in [0, 0.05) is 0 Å². The zero-order valence-corrected chi connectivity index (χ0v) is 8.14. The maximum Gasteiger partial charge on any atom is 0.237 e. The minimum atomic E-state index is -0.472. The van der Waals surface area contributed by atoms with Crippen molar-refractivity contribution in [3.63, 3.8) is 0 Å². The van der Waals surface area contributed by atoms with Gasteiger partial charge in [-0.05, 0) is 19.1 Å². The molecule has 5 heteroatoms. The van der Waals surface area contributed by atoms with Gasteiger partial charge in [-0.3, -0.25) is 4.79 Å². The van der Waals surface area contributed by atoms with Crippen LogP contribution in [-0.2, 0) is 11.3 Å². The summed E-state index contributed by atoms with van der Waals surface area (Å²) >= 11 is 0.